The largest absolute Gasteiger partial charge is 0.475 e. The van der Waals surface area contributed by atoms with Crippen LogP contribution in [0.2, 0.25) is 0 Å². The number of rotatable bonds is 3. The van der Waals surface area contributed by atoms with Crippen molar-refractivity contribution >= 4 is 21.9 Å². The average Bonchev–Trinajstić information content (AvgIpc) is 3.11. The molecule has 0 radical (unpaired) electrons. The fourth-order valence-electron chi connectivity index (χ4n) is 1.85. The molecule has 0 aliphatic heterocycles. The second-order valence-electron chi connectivity index (χ2n) is 4.38. The van der Waals surface area contributed by atoms with Crippen molar-refractivity contribution in [1.82, 2.24) is 14.8 Å². The van der Waals surface area contributed by atoms with Crippen LogP contribution in [-0.4, -0.2) is 25.8 Å². The van der Waals surface area contributed by atoms with Crippen LogP contribution >= 0.6 is 15.9 Å². The first-order valence-corrected chi connectivity index (χ1v) is 6.51. The first-order valence-electron chi connectivity index (χ1n) is 5.72. The number of hydrogen-bond donors (Lipinski definition) is 1. The van der Waals surface area contributed by atoms with Crippen LogP contribution in [0.5, 0.6) is 0 Å². The molecule has 0 unspecified atom stereocenters. The summed E-state index contributed by atoms with van der Waals surface area (Å²) in [5, 5.41) is 12.9. The molecule has 1 aromatic carbocycles. The van der Waals surface area contributed by atoms with Crippen LogP contribution < -0.4 is 0 Å². The minimum absolute atomic E-state index is 0.204. The number of carbonyl (C=O) groups is 1. The molecule has 1 aromatic heterocycles. The number of aromatic nitrogens is 3. The number of benzene rings is 1. The van der Waals surface area contributed by atoms with Gasteiger partial charge in [0.2, 0.25) is 0 Å². The van der Waals surface area contributed by atoms with Crippen molar-refractivity contribution in [2.75, 3.05) is 0 Å². The SMILES string of the molecule is O=C(O)c1nc(C2CC2)n(-c2cc(F)ccc2Br)n1. The fraction of sp³-hybridized carbons (Fsp3) is 0.250. The van der Waals surface area contributed by atoms with E-state index in [-0.39, 0.29) is 11.7 Å². The lowest BCUT2D eigenvalue weighted by Gasteiger charge is -2.07. The van der Waals surface area contributed by atoms with Crippen molar-refractivity contribution in [3.63, 3.8) is 0 Å². The van der Waals surface area contributed by atoms with Gasteiger partial charge in [-0.2, -0.15) is 0 Å². The summed E-state index contributed by atoms with van der Waals surface area (Å²) >= 11 is 3.31. The predicted molar refractivity (Wildman–Crippen MR) is 68.0 cm³/mol. The number of hydrogen-bond acceptors (Lipinski definition) is 3. The zero-order chi connectivity index (χ0) is 13.6. The van der Waals surface area contributed by atoms with Gasteiger partial charge in [0.15, 0.2) is 0 Å². The maximum absolute atomic E-state index is 13.3. The van der Waals surface area contributed by atoms with Gasteiger partial charge in [0.25, 0.3) is 5.82 Å². The van der Waals surface area contributed by atoms with Crippen LogP contribution in [0.4, 0.5) is 4.39 Å². The van der Waals surface area contributed by atoms with Crippen molar-refractivity contribution in [1.29, 1.82) is 0 Å². The summed E-state index contributed by atoms with van der Waals surface area (Å²) in [6.45, 7) is 0. The van der Waals surface area contributed by atoms with Gasteiger partial charge in [-0.1, -0.05) is 0 Å². The van der Waals surface area contributed by atoms with Gasteiger partial charge in [-0.25, -0.2) is 18.9 Å². The van der Waals surface area contributed by atoms with Crippen LogP contribution in [0.3, 0.4) is 0 Å². The Morgan fingerprint density at radius 1 is 1.47 bits per heavy atom. The maximum Gasteiger partial charge on any atom is 0.375 e. The van der Waals surface area contributed by atoms with Gasteiger partial charge in [0.05, 0.1) is 5.69 Å². The molecule has 3 rings (SSSR count). The van der Waals surface area contributed by atoms with Gasteiger partial charge in [0, 0.05) is 16.5 Å². The lowest BCUT2D eigenvalue weighted by Crippen LogP contribution is -2.04. The molecule has 1 N–H and O–H groups in total. The Labute approximate surface area is 116 Å². The third-order valence-electron chi connectivity index (χ3n) is 2.90. The molecule has 5 nitrogen and oxygen atoms in total. The highest BCUT2D eigenvalue weighted by atomic mass is 79.9. The van der Waals surface area contributed by atoms with E-state index < -0.39 is 11.8 Å². The number of halogens is 2. The quantitative estimate of drug-likeness (QED) is 0.942. The highest BCUT2D eigenvalue weighted by Crippen LogP contribution is 2.40. The Morgan fingerprint density at radius 3 is 2.84 bits per heavy atom. The zero-order valence-corrected chi connectivity index (χ0v) is 11.3. The van der Waals surface area contributed by atoms with E-state index in [0.717, 1.165) is 12.8 Å². The molecular formula is C12H9BrFN3O2. The third-order valence-corrected chi connectivity index (χ3v) is 3.57. The minimum Gasteiger partial charge on any atom is -0.475 e. The fourth-order valence-corrected chi connectivity index (χ4v) is 2.26. The van der Waals surface area contributed by atoms with Crippen LogP contribution in [-0.2, 0) is 0 Å². The van der Waals surface area contributed by atoms with Gasteiger partial charge in [-0.05, 0) is 40.9 Å². The highest BCUT2D eigenvalue weighted by molar-refractivity contribution is 9.10. The van der Waals surface area contributed by atoms with Gasteiger partial charge in [-0.15, -0.1) is 5.10 Å². The van der Waals surface area contributed by atoms with E-state index in [2.05, 4.69) is 26.0 Å². The molecule has 1 saturated carbocycles. The Kier molecular flexibility index (Phi) is 2.85. The Bertz CT molecular complexity index is 667. The third kappa shape index (κ3) is 2.25. The lowest BCUT2D eigenvalue weighted by atomic mass is 10.3. The van der Waals surface area contributed by atoms with E-state index in [4.69, 9.17) is 5.11 Å². The van der Waals surface area contributed by atoms with Crippen molar-refractivity contribution in [2.24, 2.45) is 0 Å². The van der Waals surface area contributed by atoms with Crippen molar-refractivity contribution in [3.05, 3.63) is 40.1 Å². The molecule has 98 valence electrons. The number of carboxylic acids is 1. The summed E-state index contributed by atoms with van der Waals surface area (Å²) in [7, 11) is 0. The highest BCUT2D eigenvalue weighted by Gasteiger charge is 2.32. The molecule has 0 bridgehead atoms. The van der Waals surface area contributed by atoms with Gasteiger partial charge < -0.3 is 5.11 Å². The second kappa shape index (κ2) is 4.41. The normalized spacial score (nSPS) is 14.6. The molecule has 2 aromatic rings. The molecule has 1 heterocycles. The number of carboxylic acid groups (broad SMARTS) is 1. The van der Waals surface area contributed by atoms with Crippen molar-refractivity contribution < 1.29 is 14.3 Å². The van der Waals surface area contributed by atoms with Crippen LogP contribution in [0.15, 0.2) is 22.7 Å². The smallest absolute Gasteiger partial charge is 0.375 e. The minimum atomic E-state index is -1.19. The molecular weight excluding hydrogens is 317 g/mol. The molecule has 1 fully saturated rings. The van der Waals surface area contributed by atoms with E-state index in [9.17, 15) is 9.18 Å². The van der Waals surface area contributed by atoms with Gasteiger partial charge in [-0.3, -0.25) is 0 Å². The van der Waals surface area contributed by atoms with Gasteiger partial charge in [0.1, 0.15) is 11.6 Å². The topological polar surface area (TPSA) is 68.0 Å². The van der Waals surface area contributed by atoms with E-state index in [0.29, 0.717) is 16.0 Å². The second-order valence-corrected chi connectivity index (χ2v) is 5.23. The van der Waals surface area contributed by atoms with Crippen LogP contribution in [0, 0.1) is 5.82 Å². The van der Waals surface area contributed by atoms with Crippen LogP contribution in [0.1, 0.15) is 35.2 Å². The van der Waals surface area contributed by atoms with Crippen molar-refractivity contribution in [3.8, 4) is 5.69 Å². The molecule has 1 aliphatic rings. The summed E-state index contributed by atoms with van der Waals surface area (Å²) in [6.07, 6.45) is 1.90. The van der Waals surface area contributed by atoms with Crippen LogP contribution in [0.25, 0.3) is 5.69 Å². The maximum atomic E-state index is 13.3. The number of nitrogens with zero attached hydrogens (tertiary/aromatic N) is 3. The summed E-state index contributed by atoms with van der Waals surface area (Å²) in [5.41, 5.74) is 0.460. The Hall–Kier alpha value is -1.76. The molecule has 19 heavy (non-hydrogen) atoms. The van der Waals surface area contributed by atoms with E-state index in [1.54, 1.807) is 6.07 Å². The van der Waals surface area contributed by atoms with E-state index in [1.807, 2.05) is 0 Å². The lowest BCUT2D eigenvalue weighted by molar-refractivity contribution is 0.0683. The molecule has 0 spiro atoms. The summed E-state index contributed by atoms with van der Waals surface area (Å²) < 4.78 is 15.4. The zero-order valence-electron chi connectivity index (χ0n) is 9.68. The van der Waals surface area contributed by atoms with Crippen molar-refractivity contribution in [2.45, 2.75) is 18.8 Å². The molecule has 0 atom stereocenters. The standard InChI is InChI=1S/C12H9BrFN3O2/c13-8-4-3-7(14)5-9(8)17-11(6-1-2-6)15-10(16-17)12(18)19/h3-6H,1-2H2,(H,18,19). The molecule has 0 amide bonds. The van der Waals surface area contributed by atoms with E-state index in [1.165, 1.54) is 16.8 Å². The Morgan fingerprint density at radius 2 is 2.21 bits per heavy atom. The predicted octanol–water partition coefficient (Wildman–Crippen LogP) is 2.74. The first-order chi connectivity index (χ1) is 9.06. The average molecular weight is 326 g/mol. The summed E-state index contributed by atoms with van der Waals surface area (Å²) in [4.78, 5) is 15.0. The van der Waals surface area contributed by atoms with Gasteiger partial charge >= 0.3 is 5.97 Å². The molecule has 1 aliphatic carbocycles. The molecule has 7 heteroatoms. The number of aromatic carboxylic acids is 1. The summed E-state index contributed by atoms with van der Waals surface area (Å²) in [5.74, 6) is -1.09. The molecule has 0 saturated heterocycles. The first kappa shape index (κ1) is 12.3. The summed E-state index contributed by atoms with van der Waals surface area (Å²) in [6, 6.07) is 4.18. The monoisotopic (exact) mass is 325 g/mol. The Balaban J connectivity index is 2.17. The van der Waals surface area contributed by atoms with E-state index >= 15 is 0 Å².